The van der Waals surface area contributed by atoms with Crippen LogP contribution in [0.25, 0.3) is 0 Å². The van der Waals surface area contributed by atoms with E-state index in [-0.39, 0.29) is 36.3 Å². The van der Waals surface area contributed by atoms with Crippen LogP contribution in [0.2, 0.25) is 0 Å². The van der Waals surface area contributed by atoms with E-state index in [2.05, 4.69) is 0 Å². The second-order valence-electron chi connectivity index (χ2n) is 8.18. The van der Waals surface area contributed by atoms with Crippen molar-refractivity contribution in [3.8, 4) is 6.07 Å². The van der Waals surface area contributed by atoms with E-state index in [1.54, 1.807) is 13.8 Å². The van der Waals surface area contributed by atoms with Gasteiger partial charge in [-0.1, -0.05) is 0 Å². The standard InChI is InChI=1S/C20H21FN2O5/c1-18-8-14(25)20(28-18,5-6-24)15-16(26)23(17(27)19(15,18)2)13-4-3-11(10-22)12(7-13)9-21/h3-4,7,14-15,24-25H,5-6,8-9H2,1-2H3/t14-,15+,18+,19+,20-/m0/s1. The molecule has 1 aromatic carbocycles. The van der Waals surface area contributed by atoms with E-state index in [9.17, 15) is 24.2 Å². The molecule has 3 saturated heterocycles. The van der Waals surface area contributed by atoms with E-state index in [1.807, 2.05) is 6.07 Å². The summed E-state index contributed by atoms with van der Waals surface area (Å²) < 4.78 is 19.4. The minimum Gasteiger partial charge on any atom is -0.396 e. The summed E-state index contributed by atoms with van der Waals surface area (Å²) in [5.41, 5.74) is -3.20. The fourth-order valence-electron chi connectivity index (χ4n) is 5.42. The monoisotopic (exact) mass is 388 g/mol. The molecular formula is C20H21FN2O5. The molecule has 3 fully saturated rings. The van der Waals surface area contributed by atoms with Gasteiger partial charge in [-0.3, -0.25) is 9.59 Å². The summed E-state index contributed by atoms with van der Waals surface area (Å²) in [6, 6.07) is 6.04. The van der Waals surface area contributed by atoms with Gasteiger partial charge in [-0.05, 0) is 32.0 Å². The number of amides is 2. The molecule has 3 heterocycles. The van der Waals surface area contributed by atoms with Crippen LogP contribution in [0.5, 0.6) is 0 Å². The number of carbonyl (C=O) groups excluding carboxylic acids is 2. The lowest BCUT2D eigenvalue weighted by atomic mass is 9.57. The molecule has 0 spiro atoms. The first-order valence-electron chi connectivity index (χ1n) is 9.16. The van der Waals surface area contributed by atoms with E-state index in [4.69, 9.17) is 10.00 Å². The smallest absolute Gasteiger partial charge is 0.243 e. The molecule has 0 unspecified atom stereocenters. The highest BCUT2D eigenvalue weighted by atomic mass is 19.1. The van der Waals surface area contributed by atoms with Gasteiger partial charge < -0.3 is 14.9 Å². The Hall–Kier alpha value is -2.34. The Balaban J connectivity index is 1.85. The molecule has 2 N–H and O–H groups in total. The third-order valence-electron chi connectivity index (χ3n) is 6.96. The van der Waals surface area contributed by atoms with Gasteiger partial charge in [0, 0.05) is 25.0 Å². The number of ether oxygens (including phenoxy) is 1. The summed E-state index contributed by atoms with van der Waals surface area (Å²) in [6.45, 7) is 2.16. The fraction of sp³-hybridized carbons (Fsp3) is 0.550. The number of nitriles is 1. The van der Waals surface area contributed by atoms with Crippen molar-refractivity contribution in [1.29, 1.82) is 5.26 Å². The number of nitrogens with zero attached hydrogens (tertiary/aromatic N) is 2. The van der Waals surface area contributed by atoms with E-state index in [0.29, 0.717) is 0 Å². The normalized spacial score (nSPS) is 38.8. The van der Waals surface area contributed by atoms with Crippen molar-refractivity contribution < 1.29 is 28.9 Å². The van der Waals surface area contributed by atoms with Crippen molar-refractivity contribution in [2.75, 3.05) is 11.5 Å². The molecule has 8 heteroatoms. The maximum Gasteiger partial charge on any atom is 0.243 e. The van der Waals surface area contributed by atoms with Crippen LogP contribution in [0, 0.1) is 22.7 Å². The van der Waals surface area contributed by atoms with Gasteiger partial charge in [0.2, 0.25) is 11.8 Å². The zero-order valence-corrected chi connectivity index (χ0v) is 15.6. The molecule has 3 aliphatic heterocycles. The Morgan fingerprint density at radius 1 is 1.39 bits per heavy atom. The Morgan fingerprint density at radius 3 is 2.71 bits per heavy atom. The lowest BCUT2D eigenvalue weighted by Gasteiger charge is -2.40. The molecule has 5 atom stereocenters. The first-order chi connectivity index (χ1) is 13.2. The summed E-state index contributed by atoms with van der Waals surface area (Å²) in [5, 5.41) is 29.3. The predicted molar refractivity (Wildman–Crippen MR) is 94.6 cm³/mol. The van der Waals surface area contributed by atoms with Crippen molar-refractivity contribution in [2.45, 2.75) is 50.7 Å². The number of benzene rings is 1. The predicted octanol–water partition coefficient (Wildman–Crippen LogP) is 1.20. The van der Waals surface area contributed by atoms with E-state index >= 15 is 0 Å². The van der Waals surface area contributed by atoms with E-state index < -0.39 is 47.1 Å². The Labute approximate surface area is 161 Å². The number of anilines is 1. The summed E-state index contributed by atoms with van der Waals surface area (Å²) in [5.74, 6) is -1.98. The topological polar surface area (TPSA) is 111 Å². The highest BCUT2D eigenvalue weighted by molar-refractivity contribution is 6.25. The minimum absolute atomic E-state index is 0.0278. The maximum absolute atomic E-state index is 13.4. The third-order valence-corrected chi connectivity index (χ3v) is 6.96. The van der Waals surface area contributed by atoms with Crippen LogP contribution in [-0.4, -0.2) is 45.9 Å². The molecule has 1 aromatic rings. The average molecular weight is 388 g/mol. The van der Waals surface area contributed by atoms with Gasteiger partial charge >= 0.3 is 0 Å². The summed E-state index contributed by atoms with van der Waals surface area (Å²) in [7, 11) is 0. The van der Waals surface area contributed by atoms with Crippen molar-refractivity contribution in [1.82, 2.24) is 0 Å². The molecule has 7 nitrogen and oxygen atoms in total. The average Bonchev–Trinajstić information content (AvgIpc) is 3.12. The number of alkyl halides is 1. The summed E-state index contributed by atoms with van der Waals surface area (Å²) in [6.07, 6.45) is -0.780. The Morgan fingerprint density at radius 2 is 2.11 bits per heavy atom. The molecular weight excluding hydrogens is 367 g/mol. The van der Waals surface area contributed by atoms with Crippen LogP contribution in [0.15, 0.2) is 18.2 Å². The van der Waals surface area contributed by atoms with Crippen LogP contribution >= 0.6 is 0 Å². The fourth-order valence-corrected chi connectivity index (χ4v) is 5.42. The van der Waals surface area contributed by atoms with Crippen LogP contribution in [0.3, 0.4) is 0 Å². The lowest BCUT2D eigenvalue weighted by molar-refractivity contribution is -0.137. The number of imide groups is 1. The molecule has 3 aliphatic rings. The zero-order chi connectivity index (χ0) is 20.5. The van der Waals surface area contributed by atoms with Crippen LogP contribution in [0.4, 0.5) is 10.1 Å². The molecule has 2 bridgehead atoms. The number of fused-ring (bicyclic) bond motifs is 5. The third kappa shape index (κ3) is 1.96. The first kappa shape index (κ1) is 19.0. The van der Waals surface area contributed by atoms with Crippen molar-refractivity contribution in [3.05, 3.63) is 29.3 Å². The molecule has 28 heavy (non-hydrogen) atoms. The van der Waals surface area contributed by atoms with Gasteiger partial charge in [-0.2, -0.15) is 5.26 Å². The first-order valence-corrected chi connectivity index (χ1v) is 9.16. The number of rotatable bonds is 4. The van der Waals surface area contributed by atoms with Crippen molar-refractivity contribution >= 4 is 17.5 Å². The summed E-state index contributed by atoms with van der Waals surface area (Å²) in [4.78, 5) is 27.8. The molecule has 0 aliphatic carbocycles. The number of hydrogen-bond donors (Lipinski definition) is 2. The van der Waals surface area contributed by atoms with Gasteiger partial charge in [0.15, 0.2) is 0 Å². The molecule has 0 aromatic heterocycles. The number of hydrogen-bond acceptors (Lipinski definition) is 6. The van der Waals surface area contributed by atoms with E-state index in [0.717, 1.165) is 4.90 Å². The van der Waals surface area contributed by atoms with Gasteiger partial charge in [-0.15, -0.1) is 0 Å². The summed E-state index contributed by atoms with van der Waals surface area (Å²) >= 11 is 0. The van der Waals surface area contributed by atoms with Gasteiger partial charge in [-0.25, -0.2) is 9.29 Å². The molecule has 2 amide bonds. The van der Waals surface area contributed by atoms with Crippen molar-refractivity contribution in [3.63, 3.8) is 0 Å². The second-order valence-corrected chi connectivity index (χ2v) is 8.18. The molecule has 0 radical (unpaired) electrons. The molecule has 4 rings (SSSR count). The zero-order valence-electron chi connectivity index (χ0n) is 15.6. The van der Waals surface area contributed by atoms with Gasteiger partial charge in [0.25, 0.3) is 0 Å². The Kier molecular flexibility index (Phi) is 3.96. The Bertz CT molecular complexity index is 930. The van der Waals surface area contributed by atoms with E-state index in [1.165, 1.54) is 18.2 Å². The van der Waals surface area contributed by atoms with Crippen LogP contribution in [0.1, 0.15) is 37.8 Å². The lowest BCUT2D eigenvalue weighted by Crippen LogP contribution is -2.56. The SMILES string of the molecule is C[C@]12C[C@H](O)[C@](CCO)(O1)[C@@H]1C(=O)N(c3ccc(C#N)c(CF)c3)C(=O)[C@@]12C. The van der Waals surface area contributed by atoms with Gasteiger partial charge in [0.1, 0.15) is 12.3 Å². The van der Waals surface area contributed by atoms with Crippen molar-refractivity contribution in [2.24, 2.45) is 11.3 Å². The largest absolute Gasteiger partial charge is 0.396 e. The number of aliphatic hydroxyl groups excluding tert-OH is 2. The van der Waals surface area contributed by atoms with Crippen LogP contribution < -0.4 is 4.90 Å². The highest BCUT2D eigenvalue weighted by Gasteiger charge is 2.82. The number of aliphatic hydroxyl groups is 2. The quantitative estimate of drug-likeness (QED) is 0.750. The molecule has 148 valence electrons. The number of carbonyl (C=O) groups is 2. The maximum atomic E-state index is 13.4. The van der Waals surface area contributed by atoms with Gasteiger partial charge in [0.05, 0.1) is 40.4 Å². The second kappa shape index (κ2) is 5.83. The molecule has 0 saturated carbocycles. The number of halogens is 1. The van der Waals surface area contributed by atoms with Crippen LogP contribution in [-0.2, 0) is 21.0 Å². The highest BCUT2D eigenvalue weighted by Crippen LogP contribution is 2.68. The minimum atomic E-state index is -1.34.